The van der Waals surface area contributed by atoms with Gasteiger partial charge in [-0.15, -0.1) is 0 Å². The Kier molecular flexibility index (Phi) is 3.18. The predicted molar refractivity (Wildman–Crippen MR) is 87.9 cm³/mol. The van der Waals surface area contributed by atoms with Gasteiger partial charge in [0.25, 0.3) is 5.91 Å². The van der Waals surface area contributed by atoms with E-state index in [2.05, 4.69) is 12.1 Å². The third kappa shape index (κ3) is 2.22. The molecule has 2 N–H and O–H groups in total. The highest BCUT2D eigenvalue weighted by molar-refractivity contribution is 5.98. The predicted octanol–water partition coefficient (Wildman–Crippen LogP) is 2.35. The van der Waals surface area contributed by atoms with Gasteiger partial charge < -0.3 is 10.6 Å². The lowest BCUT2D eigenvalue weighted by Gasteiger charge is -2.22. The first kappa shape index (κ1) is 14.0. The van der Waals surface area contributed by atoms with Gasteiger partial charge in [0, 0.05) is 12.1 Å². The van der Waals surface area contributed by atoms with Crippen LogP contribution in [0.2, 0.25) is 0 Å². The van der Waals surface area contributed by atoms with Crippen LogP contribution >= 0.6 is 0 Å². The fourth-order valence-corrected chi connectivity index (χ4v) is 3.75. The first-order valence-corrected chi connectivity index (χ1v) is 7.96. The van der Waals surface area contributed by atoms with E-state index in [9.17, 15) is 9.59 Å². The monoisotopic (exact) mass is 306 g/mol. The van der Waals surface area contributed by atoms with E-state index in [1.807, 2.05) is 30.3 Å². The van der Waals surface area contributed by atoms with Gasteiger partial charge in [-0.05, 0) is 53.6 Å². The Balaban J connectivity index is 1.66. The summed E-state index contributed by atoms with van der Waals surface area (Å²) in [6, 6.07) is 13.7. The largest absolute Gasteiger partial charge is 0.368 e. The molecular weight excluding hydrogens is 288 g/mol. The van der Waals surface area contributed by atoms with Gasteiger partial charge in [-0.3, -0.25) is 9.59 Å². The number of hydrogen-bond donors (Lipinski definition) is 1. The minimum absolute atomic E-state index is 0.0925. The summed E-state index contributed by atoms with van der Waals surface area (Å²) in [4.78, 5) is 25.9. The summed E-state index contributed by atoms with van der Waals surface area (Å²) < 4.78 is 0. The molecule has 1 fully saturated rings. The fourth-order valence-electron chi connectivity index (χ4n) is 3.75. The third-order valence-corrected chi connectivity index (χ3v) is 4.88. The Morgan fingerprint density at radius 3 is 2.65 bits per heavy atom. The van der Waals surface area contributed by atoms with E-state index >= 15 is 0 Å². The molecule has 4 heteroatoms. The highest BCUT2D eigenvalue weighted by Crippen LogP contribution is 2.37. The summed E-state index contributed by atoms with van der Waals surface area (Å²) in [7, 11) is 0. The van der Waals surface area contributed by atoms with Gasteiger partial charge in [0.05, 0.1) is 0 Å². The number of rotatable bonds is 2. The first-order valence-electron chi connectivity index (χ1n) is 7.96. The van der Waals surface area contributed by atoms with Crippen LogP contribution < -0.4 is 5.73 Å². The third-order valence-electron chi connectivity index (χ3n) is 4.88. The number of hydrogen-bond acceptors (Lipinski definition) is 2. The molecule has 1 aliphatic heterocycles. The van der Waals surface area contributed by atoms with Gasteiger partial charge in [0.15, 0.2) is 0 Å². The standard InChI is InChI=1S/C19H18N2O2/c20-18(22)17-6-3-9-21(17)19(23)13-7-8-16-14(11-13)10-12-4-1-2-5-15(12)16/h1-2,4-5,7-8,11,17H,3,6,9-10H2,(H2,20,22)/t17-/m1/s1. The van der Waals surface area contributed by atoms with Crippen LogP contribution in [0.25, 0.3) is 11.1 Å². The second-order valence-electron chi connectivity index (χ2n) is 6.26. The molecule has 0 aromatic heterocycles. The lowest BCUT2D eigenvalue weighted by Crippen LogP contribution is -2.43. The van der Waals surface area contributed by atoms with Crippen LogP contribution in [-0.2, 0) is 11.2 Å². The molecule has 1 atom stereocenters. The van der Waals surface area contributed by atoms with Gasteiger partial charge in [-0.2, -0.15) is 0 Å². The van der Waals surface area contributed by atoms with Gasteiger partial charge >= 0.3 is 0 Å². The van der Waals surface area contributed by atoms with Crippen molar-refractivity contribution >= 4 is 11.8 Å². The highest BCUT2D eigenvalue weighted by Gasteiger charge is 2.33. The number of nitrogens with zero attached hydrogens (tertiary/aromatic N) is 1. The molecule has 4 nitrogen and oxygen atoms in total. The maximum atomic E-state index is 12.8. The minimum Gasteiger partial charge on any atom is -0.368 e. The second kappa shape index (κ2) is 5.23. The minimum atomic E-state index is -0.465. The molecule has 23 heavy (non-hydrogen) atoms. The summed E-state index contributed by atoms with van der Waals surface area (Å²) in [6.45, 7) is 0.601. The zero-order valence-corrected chi connectivity index (χ0v) is 12.8. The van der Waals surface area contributed by atoms with E-state index < -0.39 is 11.9 Å². The smallest absolute Gasteiger partial charge is 0.254 e. The van der Waals surface area contributed by atoms with Crippen molar-refractivity contribution in [2.45, 2.75) is 25.3 Å². The van der Waals surface area contributed by atoms with Crippen molar-refractivity contribution in [2.24, 2.45) is 5.73 Å². The highest BCUT2D eigenvalue weighted by atomic mass is 16.2. The van der Waals surface area contributed by atoms with Crippen molar-refractivity contribution in [3.8, 4) is 11.1 Å². The van der Waals surface area contributed by atoms with Crippen LogP contribution in [0.3, 0.4) is 0 Å². The summed E-state index contributed by atoms with van der Waals surface area (Å²) in [5, 5.41) is 0. The van der Waals surface area contributed by atoms with Crippen LogP contribution in [0, 0.1) is 0 Å². The van der Waals surface area contributed by atoms with Gasteiger partial charge in [0.1, 0.15) is 6.04 Å². The van der Waals surface area contributed by atoms with E-state index in [0.29, 0.717) is 18.5 Å². The SMILES string of the molecule is NC(=O)[C@H]1CCCN1C(=O)c1ccc2c(c1)Cc1ccccc1-2. The average molecular weight is 306 g/mol. The van der Waals surface area contributed by atoms with E-state index in [-0.39, 0.29) is 5.91 Å². The van der Waals surface area contributed by atoms with Gasteiger partial charge in [-0.1, -0.05) is 30.3 Å². The van der Waals surface area contributed by atoms with E-state index in [1.54, 1.807) is 4.90 Å². The zero-order valence-electron chi connectivity index (χ0n) is 12.8. The Bertz CT molecular complexity index is 813. The number of benzene rings is 2. The van der Waals surface area contributed by atoms with Crippen LogP contribution in [0.4, 0.5) is 0 Å². The van der Waals surface area contributed by atoms with Crippen LogP contribution in [0.1, 0.15) is 34.3 Å². The maximum absolute atomic E-state index is 12.8. The molecular formula is C19H18N2O2. The molecule has 116 valence electrons. The molecule has 0 saturated carbocycles. The van der Waals surface area contributed by atoms with Crippen molar-refractivity contribution in [3.05, 3.63) is 59.2 Å². The van der Waals surface area contributed by atoms with Crippen molar-refractivity contribution < 1.29 is 9.59 Å². The topological polar surface area (TPSA) is 63.4 Å². The molecule has 4 rings (SSSR count). The van der Waals surface area contributed by atoms with Crippen molar-refractivity contribution in [3.63, 3.8) is 0 Å². The molecule has 0 unspecified atom stereocenters. The number of carbonyl (C=O) groups excluding carboxylic acids is 2. The number of nitrogens with two attached hydrogens (primary N) is 1. The second-order valence-corrected chi connectivity index (χ2v) is 6.26. The van der Waals surface area contributed by atoms with Crippen LogP contribution in [0.15, 0.2) is 42.5 Å². The molecule has 0 spiro atoms. The van der Waals surface area contributed by atoms with Gasteiger partial charge in [0.2, 0.25) is 5.91 Å². The quantitative estimate of drug-likeness (QED) is 0.790. The molecule has 0 radical (unpaired) electrons. The fraction of sp³-hybridized carbons (Fsp3) is 0.263. The van der Waals surface area contributed by atoms with Crippen molar-refractivity contribution in [1.29, 1.82) is 0 Å². The van der Waals surface area contributed by atoms with Crippen molar-refractivity contribution in [2.75, 3.05) is 6.54 Å². The first-order chi connectivity index (χ1) is 11.1. The molecule has 2 aliphatic rings. The molecule has 2 aromatic rings. The van der Waals surface area contributed by atoms with Crippen LogP contribution in [0.5, 0.6) is 0 Å². The number of fused-ring (bicyclic) bond motifs is 3. The summed E-state index contributed by atoms with van der Waals surface area (Å²) >= 11 is 0. The Labute approximate surface area is 134 Å². The molecule has 1 heterocycles. The molecule has 1 aliphatic carbocycles. The average Bonchev–Trinajstić information content (AvgIpc) is 3.18. The number of likely N-dealkylation sites (tertiary alicyclic amines) is 1. The van der Waals surface area contributed by atoms with E-state index in [1.165, 1.54) is 22.3 Å². The number of amides is 2. The summed E-state index contributed by atoms with van der Waals surface area (Å²) in [5.41, 5.74) is 11.0. The summed E-state index contributed by atoms with van der Waals surface area (Å²) in [5.74, 6) is -0.505. The van der Waals surface area contributed by atoms with E-state index in [0.717, 1.165) is 12.8 Å². The number of primary amides is 1. The van der Waals surface area contributed by atoms with E-state index in [4.69, 9.17) is 5.73 Å². The number of carbonyl (C=O) groups is 2. The maximum Gasteiger partial charge on any atom is 0.254 e. The molecule has 1 saturated heterocycles. The van der Waals surface area contributed by atoms with Crippen molar-refractivity contribution in [1.82, 2.24) is 4.90 Å². The lowest BCUT2D eigenvalue weighted by atomic mass is 10.0. The van der Waals surface area contributed by atoms with Gasteiger partial charge in [-0.25, -0.2) is 0 Å². The Morgan fingerprint density at radius 2 is 1.83 bits per heavy atom. The Morgan fingerprint density at radius 1 is 1.04 bits per heavy atom. The molecule has 0 bridgehead atoms. The van der Waals surface area contributed by atoms with Crippen LogP contribution in [-0.4, -0.2) is 29.3 Å². The zero-order chi connectivity index (χ0) is 16.0. The Hall–Kier alpha value is -2.62. The normalized spacial score (nSPS) is 18.6. The summed E-state index contributed by atoms with van der Waals surface area (Å²) in [6.07, 6.45) is 2.35. The lowest BCUT2D eigenvalue weighted by molar-refractivity contribution is -0.121. The molecule has 2 aromatic carbocycles. The molecule has 2 amide bonds.